The van der Waals surface area contributed by atoms with Crippen LogP contribution in [0.3, 0.4) is 0 Å². The number of carbonyl (C=O) groups is 1. The van der Waals surface area contributed by atoms with Crippen molar-refractivity contribution in [2.24, 2.45) is 0 Å². The summed E-state index contributed by atoms with van der Waals surface area (Å²) in [6, 6.07) is 12.7. The molecule has 8 nitrogen and oxygen atoms in total. The third-order valence-corrected chi connectivity index (χ3v) is 6.19. The van der Waals surface area contributed by atoms with Crippen molar-refractivity contribution >= 4 is 34.9 Å². The van der Waals surface area contributed by atoms with Crippen molar-refractivity contribution in [1.29, 1.82) is 0 Å². The van der Waals surface area contributed by atoms with Crippen LogP contribution in [-0.4, -0.2) is 25.4 Å². The summed E-state index contributed by atoms with van der Waals surface area (Å²) in [5.74, 6) is -0.337. The van der Waals surface area contributed by atoms with Gasteiger partial charge in [0.05, 0.1) is 11.1 Å². The minimum absolute atomic E-state index is 0.0306. The van der Waals surface area contributed by atoms with Gasteiger partial charge in [0.1, 0.15) is 22.8 Å². The highest BCUT2D eigenvalue weighted by Gasteiger charge is 2.23. The zero-order chi connectivity index (χ0) is 24.0. The lowest BCUT2D eigenvalue weighted by atomic mass is 10.1. The van der Waals surface area contributed by atoms with Crippen LogP contribution in [0.2, 0.25) is 5.02 Å². The molecule has 172 valence electrons. The van der Waals surface area contributed by atoms with Crippen LogP contribution in [0.15, 0.2) is 59.7 Å². The van der Waals surface area contributed by atoms with Gasteiger partial charge in [0.25, 0.3) is 5.56 Å². The Hall–Kier alpha value is -3.91. The van der Waals surface area contributed by atoms with E-state index in [0.29, 0.717) is 24.6 Å². The third kappa shape index (κ3) is 3.97. The lowest BCUT2D eigenvalue weighted by Crippen LogP contribution is -2.23. The summed E-state index contributed by atoms with van der Waals surface area (Å²) in [5.41, 5.74) is 4.38. The molecule has 0 bridgehead atoms. The number of anilines is 2. The molecular formula is C25H22ClN5O3. The summed E-state index contributed by atoms with van der Waals surface area (Å²) in [5, 5.41) is 13.0. The van der Waals surface area contributed by atoms with Crippen LogP contribution < -0.4 is 15.8 Å². The topological polar surface area (TPSA) is 99.8 Å². The van der Waals surface area contributed by atoms with E-state index in [2.05, 4.69) is 27.3 Å². The molecule has 3 aromatic heterocycles. The number of benzene rings is 1. The third-order valence-electron chi connectivity index (χ3n) is 5.98. The molecule has 5 rings (SSSR count). The quantitative estimate of drug-likeness (QED) is 0.440. The average Bonchev–Trinajstić information content (AvgIpc) is 3.24. The van der Waals surface area contributed by atoms with Crippen molar-refractivity contribution in [3.63, 3.8) is 0 Å². The monoisotopic (exact) mass is 475 g/mol. The number of nitrogens with one attached hydrogen (secondary N) is 1. The maximum atomic E-state index is 13.1. The normalized spacial score (nSPS) is 13.7. The smallest absolute Gasteiger partial charge is 0.339 e. The Bertz CT molecular complexity index is 1480. The number of carboxylic acids is 1. The predicted octanol–water partition coefficient (Wildman–Crippen LogP) is 4.44. The number of pyridine rings is 2. The van der Waals surface area contributed by atoms with Gasteiger partial charge in [0, 0.05) is 37.1 Å². The lowest BCUT2D eigenvalue weighted by molar-refractivity contribution is 0.0697. The zero-order valence-corrected chi connectivity index (χ0v) is 19.4. The number of fused-ring (bicyclic) bond motifs is 2. The molecule has 34 heavy (non-hydrogen) atoms. The van der Waals surface area contributed by atoms with Crippen LogP contribution in [0.1, 0.15) is 45.6 Å². The molecule has 0 saturated heterocycles. The zero-order valence-electron chi connectivity index (χ0n) is 18.6. The van der Waals surface area contributed by atoms with Gasteiger partial charge in [0.2, 0.25) is 0 Å². The number of carboxylic acid groups (broad SMARTS) is 1. The summed E-state index contributed by atoms with van der Waals surface area (Å²) >= 11 is 5.94. The van der Waals surface area contributed by atoms with Crippen LogP contribution in [0.25, 0.3) is 5.65 Å². The summed E-state index contributed by atoms with van der Waals surface area (Å²) in [4.78, 5) is 35.9. The van der Waals surface area contributed by atoms with Gasteiger partial charge in [0.15, 0.2) is 0 Å². The molecule has 1 aliphatic rings. The molecule has 0 radical (unpaired) electrons. The standard InChI is InChI=1S/C25H22ClN5O3/c1-14-7-19(15(2)28-23-20(25(33)34)8-18(26)10-27-23)24-29-21(9-22(32)31(24)11-14)30-12-16-5-3-4-6-17(16)13-30/h3-11,15H,12-13H2,1-2H3,(H,27,28)(H,33,34)/t15-/m1/s1. The number of aryl methyl sites for hydroxylation is 1. The Labute approximate surface area is 200 Å². The van der Waals surface area contributed by atoms with Crippen molar-refractivity contribution in [2.75, 3.05) is 10.2 Å². The first-order valence-corrected chi connectivity index (χ1v) is 11.2. The maximum absolute atomic E-state index is 13.1. The molecule has 0 amide bonds. The molecule has 0 spiro atoms. The fourth-order valence-corrected chi connectivity index (χ4v) is 4.49. The van der Waals surface area contributed by atoms with E-state index in [1.54, 1.807) is 12.3 Å². The number of hydrogen-bond acceptors (Lipinski definition) is 6. The summed E-state index contributed by atoms with van der Waals surface area (Å²) in [6.45, 7) is 5.15. The van der Waals surface area contributed by atoms with Crippen LogP contribution in [0, 0.1) is 6.92 Å². The van der Waals surface area contributed by atoms with Crippen molar-refractivity contribution in [2.45, 2.75) is 33.0 Å². The molecule has 1 aliphatic heterocycles. The van der Waals surface area contributed by atoms with Crippen LogP contribution >= 0.6 is 11.6 Å². The van der Waals surface area contributed by atoms with Crippen molar-refractivity contribution in [1.82, 2.24) is 14.4 Å². The molecule has 1 aromatic carbocycles. The first-order valence-electron chi connectivity index (χ1n) is 10.8. The van der Waals surface area contributed by atoms with E-state index in [-0.39, 0.29) is 28.0 Å². The molecule has 0 aliphatic carbocycles. The summed E-state index contributed by atoms with van der Waals surface area (Å²) < 4.78 is 1.53. The van der Waals surface area contributed by atoms with Crippen molar-refractivity contribution < 1.29 is 9.90 Å². The number of nitrogens with zero attached hydrogens (tertiary/aromatic N) is 4. The van der Waals surface area contributed by atoms with Crippen LogP contribution in [0.5, 0.6) is 0 Å². The van der Waals surface area contributed by atoms with Gasteiger partial charge in [-0.3, -0.25) is 9.20 Å². The van der Waals surface area contributed by atoms with E-state index in [1.165, 1.54) is 27.8 Å². The van der Waals surface area contributed by atoms with Gasteiger partial charge in [-0.25, -0.2) is 14.8 Å². The highest BCUT2D eigenvalue weighted by atomic mass is 35.5. The fraction of sp³-hybridized carbons (Fsp3) is 0.200. The average molecular weight is 476 g/mol. The lowest BCUT2D eigenvalue weighted by Gasteiger charge is -2.21. The molecule has 1 atom stereocenters. The summed E-state index contributed by atoms with van der Waals surface area (Å²) in [7, 11) is 0. The largest absolute Gasteiger partial charge is 0.478 e. The van der Waals surface area contributed by atoms with Crippen molar-refractivity contribution in [3.05, 3.63) is 98.1 Å². The second kappa shape index (κ2) is 8.46. The highest BCUT2D eigenvalue weighted by Crippen LogP contribution is 2.29. The molecule has 0 saturated carbocycles. The molecule has 9 heteroatoms. The van der Waals surface area contributed by atoms with E-state index in [1.807, 2.05) is 32.0 Å². The van der Waals surface area contributed by atoms with E-state index < -0.39 is 5.97 Å². The number of rotatable bonds is 5. The van der Waals surface area contributed by atoms with Gasteiger partial charge in [-0.2, -0.15) is 0 Å². The molecule has 4 heterocycles. The van der Waals surface area contributed by atoms with E-state index >= 15 is 0 Å². The second-order valence-electron chi connectivity index (χ2n) is 8.46. The molecule has 4 aromatic rings. The first-order chi connectivity index (χ1) is 16.3. The molecular weight excluding hydrogens is 454 g/mol. The molecule has 0 unspecified atom stereocenters. The van der Waals surface area contributed by atoms with E-state index in [4.69, 9.17) is 16.6 Å². The Morgan fingerprint density at radius 2 is 1.88 bits per heavy atom. The summed E-state index contributed by atoms with van der Waals surface area (Å²) in [6.07, 6.45) is 3.15. The Balaban J connectivity index is 1.56. The number of halogens is 1. The Morgan fingerprint density at radius 3 is 2.56 bits per heavy atom. The molecule has 0 fully saturated rings. The minimum atomic E-state index is -1.14. The Morgan fingerprint density at radius 1 is 1.18 bits per heavy atom. The van der Waals surface area contributed by atoms with Crippen LogP contribution in [0.4, 0.5) is 11.6 Å². The van der Waals surface area contributed by atoms with E-state index in [0.717, 1.165) is 11.1 Å². The first kappa shape index (κ1) is 21.9. The number of aromatic nitrogens is 3. The second-order valence-corrected chi connectivity index (χ2v) is 8.90. The van der Waals surface area contributed by atoms with Gasteiger partial charge < -0.3 is 15.3 Å². The minimum Gasteiger partial charge on any atom is -0.478 e. The van der Waals surface area contributed by atoms with Gasteiger partial charge in [-0.1, -0.05) is 35.9 Å². The maximum Gasteiger partial charge on any atom is 0.339 e. The predicted molar refractivity (Wildman–Crippen MR) is 131 cm³/mol. The SMILES string of the molecule is Cc1cc([C@@H](C)Nc2ncc(Cl)cc2C(=O)O)c2nc(N3Cc4ccccc4C3)cc(=O)n2c1. The highest BCUT2D eigenvalue weighted by molar-refractivity contribution is 6.30. The van der Waals surface area contributed by atoms with Crippen LogP contribution in [-0.2, 0) is 13.1 Å². The fourth-order valence-electron chi connectivity index (χ4n) is 4.33. The van der Waals surface area contributed by atoms with Gasteiger partial charge in [-0.05, 0) is 42.7 Å². The van der Waals surface area contributed by atoms with Gasteiger partial charge in [-0.15, -0.1) is 0 Å². The molecule has 2 N–H and O–H groups in total. The van der Waals surface area contributed by atoms with Gasteiger partial charge >= 0.3 is 5.97 Å². The van der Waals surface area contributed by atoms with Crippen molar-refractivity contribution in [3.8, 4) is 0 Å². The Kier molecular flexibility index (Phi) is 5.45. The van der Waals surface area contributed by atoms with E-state index in [9.17, 15) is 14.7 Å². The number of aromatic carboxylic acids is 1. The number of hydrogen-bond donors (Lipinski definition) is 2.